The fourth-order valence-electron chi connectivity index (χ4n) is 4.19. The predicted molar refractivity (Wildman–Crippen MR) is 139 cm³/mol. The average Bonchev–Trinajstić information content (AvgIpc) is 3.18. The van der Waals surface area contributed by atoms with E-state index in [0.717, 1.165) is 24.3 Å². The molecule has 3 heterocycles. The Morgan fingerprint density at radius 1 is 1.05 bits per heavy atom. The maximum absolute atomic E-state index is 15.5. The summed E-state index contributed by atoms with van der Waals surface area (Å²) in [7, 11) is 0. The lowest BCUT2D eigenvalue weighted by Crippen LogP contribution is -2.09. The molecule has 2 aromatic carbocycles. The van der Waals surface area contributed by atoms with E-state index in [-0.39, 0.29) is 40.2 Å². The van der Waals surface area contributed by atoms with Crippen molar-refractivity contribution in [2.75, 3.05) is 11.1 Å². The number of nitrogens with one attached hydrogen (secondary N) is 1. The number of aryl methyl sites for hydroxylation is 2. The van der Waals surface area contributed by atoms with E-state index in [1.807, 2.05) is 0 Å². The lowest BCUT2D eigenvalue weighted by molar-refractivity contribution is -0.111. The third-order valence-electron chi connectivity index (χ3n) is 5.89. The monoisotopic (exact) mass is 531 g/mol. The van der Waals surface area contributed by atoms with Crippen molar-refractivity contribution in [3.05, 3.63) is 90.3 Å². The predicted octanol–water partition coefficient (Wildman–Crippen LogP) is 5.41. The maximum atomic E-state index is 15.5. The number of nitrogens with two attached hydrogens (primary N) is 1. The third kappa shape index (κ3) is 4.63. The Morgan fingerprint density at radius 2 is 1.79 bits per heavy atom. The highest BCUT2D eigenvalue weighted by atomic mass is 19.1. The number of hydrogen-bond donors (Lipinski definition) is 2. The summed E-state index contributed by atoms with van der Waals surface area (Å²) in [6.07, 6.45) is 3.67. The number of amides is 1. The normalized spacial score (nSPS) is 11.0. The lowest BCUT2D eigenvalue weighted by Gasteiger charge is -2.15. The summed E-state index contributed by atoms with van der Waals surface area (Å²) >= 11 is 0. The van der Waals surface area contributed by atoms with Crippen LogP contribution in [0.4, 0.5) is 24.7 Å². The molecule has 0 aliphatic heterocycles. The van der Waals surface area contributed by atoms with E-state index >= 15 is 13.2 Å². The van der Waals surface area contributed by atoms with Crippen molar-refractivity contribution in [1.29, 1.82) is 0 Å². The second-order valence-electron chi connectivity index (χ2n) is 8.47. The molecule has 196 valence electrons. The molecule has 3 N–H and O–H groups in total. The Kier molecular flexibility index (Phi) is 6.44. The van der Waals surface area contributed by atoms with Gasteiger partial charge >= 0.3 is 6.01 Å². The van der Waals surface area contributed by atoms with Gasteiger partial charge in [-0.2, -0.15) is 0 Å². The summed E-state index contributed by atoms with van der Waals surface area (Å²) in [5.74, 6) is -3.54. The van der Waals surface area contributed by atoms with Crippen LogP contribution in [0.1, 0.15) is 11.3 Å². The van der Waals surface area contributed by atoms with E-state index in [1.54, 1.807) is 19.9 Å². The molecule has 12 heteroatoms. The van der Waals surface area contributed by atoms with Gasteiger partial charge in [0.05, 0.1) is 16.8 Å². The Bertz CT molecular complexity index is 1760. The first-order valence-electron chi connectivity index (χ1n) is 11.5. The van der Waals surface area contributed by atoms with E-state index in [1.165, 1.54) is 29.2 Å². The quantitative estimate of drug-likeness (QED) is 0.281. The number of nitrogens with zero attached hydrogens (tertiary/aromatic N) is 5. The van der Waals surface area contributed by atoms with Gasteiger partial charge in [0, 0.05) is 34.9 Å². The number of carbonyl (C=O) groups excluding carboxylic acids is 1. The summed E-state index contributed by atoms with van der Waals surface area (Å²) in [5.41, 5.74) is 7.35. The average molecular weight is 531 g/mol. The highest BCUT2D eigenvalue weighted by molar-refractivity contribution is 5.99. The zero-order valence-electron chi connectivity index (χ0n) is 20.7. The summed E-state index contributed by atoms with van der Waals surface area (Å²) in [6, 6.07) is 7.49. The van der Waals surface area contributed by atoms with Crippen molar-refractivity contribution in [2.24, 2.45) is 0 Å². The van der Waals surface area contributed by atoms with Crippen LogP contribution in [-0.4, -0.2) is 30.4 Å². The van der Waals surface area contributed by atoms with Crippen LogP contribution < -0.4 is 15.8 Å². The van der Waals surface area contributed by atoms with Crippen LogP contribution in [0.2, 0.25) is 0 Å². The van der Waals surface area contributed by atoms with Crippen molar-refractivity contribution in [2.45, 2.75) is 13.8 Å². The van der Waals surface area contributed by atoms with Gasteiger partial charge in [0.1, 0.15) is 23.5 Å². The smallest absolute Gasteiger partial charge is 0.322 e. The number of fused-ring (bicyclic) bond motifs is 1. The van der Waals surface area contributed by atoms with Crippen LogP contribution in [0, 0.1) is 31.3 Å². The Hall–Kier alpha value is -5.26. The first kappa shape index (κ1) is 25.4. The third-order valence-corrected chi connectivity index (χ3v) is 5.89. The number of aromatic nitrogens is 5. The largest absolute Gasteiger partial charge is 0.421 e. The van der Waals surface area contributed by atoms with Gasteiger partial charge in [-0.15, -0.1) is 0 Å². The Balaban J connectivity index is 1.70. The van der Waals surface area contributed by atoms with Gasteiger partial charge < -0.3 is 20.4 Å². The van der Waals surface area contributed by atoms with Crippen LogP contribution >= 0.6 is 0 Å². The van der Waals surface area contributed by atoms with Gasteiger partial charge in [0.25, 0.3) is 0 Å². The minimum absolute atomic E-state index is 0.0129. The molecule has 0 spiro atoms. The number of nitrogen functional groups attached to an aromatic ring is 1. The van der Waals surface area contributed by atoms with E-state index in [4.69, 9.17) is 10.5 Å². The van der Waals surface area contributed by atoms with Crippen molar-refractivity contribution in [1.82, 2.24) is 24.5 Å². The molecular formula is C27H20F3N7O2. The Morgan fingerprint density at radius 3 is 2.46 bits per heavy atom. The molecular weight excluding hydrogens is 511 g/mol. The molecule has 9 nitrogen and oxygen atoms in total. The van der Waals surface area contributed by atoms with Gasteiger partial charge in [-0.05, 0) is 50.3 Å². The van der Waals surface area contributed by atoms with Crippen molar-refractivity contribution in [3.63, 3.8) is 0 Å². The zero-order chi connectivity index (χ0) is 27.8. The van der Waals surface area contributed by atoms with Gasteiger partial charge in [0.2, 0.25) is 5.91 Å². The maximum Gasteiger partial charge on any atom is 0.322 e. The minimum atomic E-state index is -0.981. The molecule has 0 radical (unpaired) electrons. The fourth-order valence-corrected chi connectivity index (χ4v) is 4.19. The topological polar surface area (TPSA) is 121 Å². The van der Waals surface area contributed by atoms with Gasteiger partial charge in [-0.25, -0.2) is 33.1 Å². The molecule has 0 aliphatic carbocycles. The second-order valence-corrected chi connectivity index (χ2v) is 8.47. The molecule has 5 aromatic rings. The molecule has 0 aliphatic rings. The second kappa shape index (κ2) is 9.89. The summed E-state index contributed by atoms with van der Waals surface area (Å²) in [5, 5.41) is 2.33. The summed E-state index contributed by atoms with van der Waals surface area (Å²) in [6.45, 7) is 6.67. The molecule has 0 unspecified atom stereocenters. The summed E-state index contributed by atoms with van der Waals surface area (Å²) in [4.78, 5) is 28.0. The number of rotatable bonds is 6. The highest BCUT2D eigenvalue weighted by Crippen LogP contribution is 2.40. The number of ether oxygens (including phenoxy) is 1. The number of anilines is 2. The van der Waals surface area contributed by atoms with Crippen molar-refractivity contribution < 1.29 is 22.7 Å². The molecule has 1 amide bonds. The number of halogens is 3. The van der Waals surface area contributed by atoms with E-state index in [0.29, 0.717) is 16.8 Å². The Labute approximate surface area is 219 Å². The van der Waals surface area contributed by atoms with E-state index in [9.17, 15) is 4.79 Å². The van der Waals surface area contributed by atoms with Crippen LogP contribution in [0.25, 0.3) is 28.0 Å². The van der Waals surface area contributed by atoms with Gasteiger partial charge in [0.15, 0.2) is 17.4 Å². The highest BCUT2D eigenvalue weighted by Gasteiger charge is 2.26. The molecule has 3 aromatic heterocycles. The zero-order valence-corrected chi connectivity index (χ0v) is 20.7. The molecule has 0 saturated heterocycles. The molecule has 5 rings (SSSR count). The van der Waals surface area contributed by atoms with Gasteiger partial charge in [-0.3, -0.25) is 4.79 Å². The minimum Gasteiger partial charge on any atom is -0.421 e. The molecule has 0 bridgehead atoms. The van der Waals surface area contributed by atoms with Crippen molar-refractivity contribution >= 4 is 28.4 Å². The van der Waals surface area contributed by atoms with Crippen LogP contribution in [0.5, 0.6) is 11.8 Å². The standard InChI is InChI=1S/C27H20F3N7O2/c1-4-21(38)36-15-9-18(29)22(19(30)10-15)24-14(3)23-25(26(31)34-12-33-23)37(24)16-5-6-20(17(28)11-16)39-27-32-8-7-13(2)35-27/h4-12H,1H2,2-3H3,(H,36,38)(H2,31,33,34). The number of benzene rings is 2. The SMILES string of the molecule is C=CC(=O)Nc1cc(F)c(-c2c(C)c3ncnc(N)c3n2-c2ccc(Oc3nccc(C)n3)c(F)c2)c(F)c1. The first-order valence-corrected chi connectivity index (χ1v) is 11.5. The lowest BCUT2D eigenvalue weighted by atomic mass is 10.1. The fraction of sp³-hybridized carbons (Fsp3) is 0.0741. The number of hydrogen-bond acceptors (Lipinski definition) is 7. The van der Waals surface area contributed by atoms with E-state index < -0.39 is 28.9 Å². The molecule has 39 heavy (non-hydrogen) atoms. The van der Waals surface area contributed by atoms with Crippen LogP contribution in [0.15, 0.2) is 61.6 Å². The molecule has 0 atom stereocenters. The first-order chi connectivity index (χ1) is 18.7. The molecule has 0 saturated carbocycles. The molecule has 0 fully saturated rings. The van der Waals surface area contributed by atoms with Crippen LogP contribution in [0.3, 0.4) is 0 Å². The number of carbonyl (C=O) groups is 1. The van der Waals surface area contributed by atoms with Crippen molar-refractivity contribution in [3.8, 4) is 28.7 Å². The van der Waals surface area contributed by atoms with Gasteiger partial charge in [-0.1, -0.05) is 6.58 Å². The van der Waals surface area contributed by atoms with E-state index in [2.05, 4.69) is 31.8 Å². The summed E-state index contributed by atoms with van der Waals surface area (Å²) < 4.78 is 53.1. The van der Waals surface area contributed by atoms with Crippen LogP contribution in [-0.2, 0) is 4.79 Å².